The lowest BCUT2D eigenvalue weighted by molar-refractivity contribution is -0.130. The third-order valence-corrected chi connectivity index (χ3v) is 2.81. The lowest BCUT2D eigenvalue weighted by Crippen LogP contribution is -2.49. The first-order valence-corrected chi connectivity index (χ1v) is 7.04. The number of nitrogens with one attached hydrogen (secondary N) is 1. The van der Waals surface area contributed by atoms with Crippen molar-refractivity contribution >= 4 is 12.0 Å². The second kappa shape index (κ2) is 7.24. The second-order valence-corrected chi connectivity index (χ2v) is 6.23. The van der Waals surface area contributed by atoms with Gasteiger partial charge in [0.1, 0.15) is 17.5 Å². The molecule has 22 heavy (non-hydrogen) atoms. The van der Waals surface area contributed by atoms with Crippen molar-refractivity contribution in [2.45, 2.75) is 38.8 Å². The Kier molecular flexibility index (Phi) is 5.91. The van der Waals surface area contributed by atoms with Crippen LogP contribution in [0.15, 0.2) is 24.3 Å². The first-order valence-electron chi connectivity index (χ1n) is 7.04. The number of ether oxygens (including phenoxy) is 1. The fraction of sp³-hybridized carbons (Fsp3) is 0.500. The van der Waals surface area contributed by atoms with Gasteiger partial charge >= 0.3 is 6.09 Å². The molecule has 0 bridgehead atoms. The Balaban J connectivity index is 2.88. The van der Waals surface area contributed by atoms with Gasteiger partial charge in [0.25, 0.3) is 0 Å². The van der Waals surface area contributed by atoms with Crippen LogP contribution in [0.25, 0.3) is 0 Å². The zero-order chi connectivity index (χ0) is 16.9. The number of halogens is 1. The molecule has 6 heteroatoms. The van der Waals surface area contributed by atoms with Crippen LogP contribution in [0.1, 0.15) is 26.3 Å². The highest BCUT2D eigenvalue weighted by Crippen LogP contribution is 2.12. The molecule has 1 atom stereocenters. The first-order chi connectivity index (χ1) is 10.1. The number of likely N-dealkylation sites (N-methyl/N-ethyl adjacent to an activating group) is 1. The first kappa shape index (κ1) is 17.9. The van der Waals surface area contributed by atoms with Crippen molar-refractivity contribution in [1.82, 2.24) is 10.2 Å². The van der Waals surface area contributed by atoms with Crippen molar-refractivity contribution in [2.24, 2.45) is 0 Å². The smallest absolute Gasteiger partial charge is 0.408 e. The predicted octanol–water partition coefficient (Wildman–Crippen LogP) is 2.35. The number of amides is 2. The lowest BCUT2D eigenvalue weighted by atomic mass is 10.0. The van der Waals surface area contributed by atoms with Crippen molar-refractivity contribution in [3.63, 3.8) is 0 Å². The molecule has 0 saturated carbocycles. The maximum atomic E-state index is 13.8. The highest BCUT2D eigenvalue weighted by molar-refractivity contribution is 5.85. The Morgan fingerprint density at radius 3 is 2.36 bits per heavy atom. The minimum Gasteiger partial charge on any atom is -0.444 e. The minimum atomic E-state index is -0.887. The van der Waals surface area contributed by atoms with E-state index in [1.165, 1.54) is 11.0 Å². The normalized spacial score (nSPS) is 12.5. The fourth-order valence-electron chi connectivity index (χ4n) is 1.85. The molecule has 1 aromatic carbocycles. The monoisotopic (exact) mass is 310 g/mol. The molecule has 0 radical (unpaired) electrons. The van der Waals surface area contributed by atoms with Crippen LogP contribution in [-0.4, -0.2) is 42.6 Å². The third-order valence-electron chi connectivity index (χ3n) is 2.81. The molecule has 5 nitrogen and oxygen atoms in total. The van der Waals surface area contributed by atoms with Gasteiger partial charge in [0, 0.05) is 20.5 Å². The summed E-state index contributed by atoms with van der Waals surface area (Å²) in [5, 5.41) is 2.51. The summed E-state index contributed by atoms with van der Waals surface area (Å²) >= 11 is 0. The van der Waals surface area contributed by atoms with Crippen molar-refractivity contribution in [1.29, 1.82) is 0 Å². The molecule has 0 spiro atoms. The van der Waals surface area contributed by atoms with Crippen LogP contribution in [0.3, 0.4) is 0 Å². The minimum absolute atomic E-state index is 0.0585. The third kappa shape index (κ3) is 5.71. The van der Waals surface area contributed by atoms with E-state index in [9.17, 15) is 14.0 Å². The number of hydrogen-bond acceptors (Lipinski definition) is 3. The van der Waals surface area contributed by atoms with E-state index in [4.69, 9.17) is 4.74 Å². The van der Waals surface area contributed by atoms with Crippen molar-refractivity contribution in [2.75, 3.05) is 14.1 Å². The van der Waals surface area contributed by atoms with Gasteiger partial charge in [-0.3, -0.25) is 4.79 Å². The van der Waals surface area contributed by atoms with E-state index in [2.05, 4.69) is 5.32 Å². The molecule has 0 saturated heterocycles. The fourth-order valence-corrected chi connectivity index (χ4v) is 1.85. The zero-order valence-corrected chi connectivity index (χ0v) is 13.6. The molecule has 0 aromatic heterocycles. The van der Waals surface area contributed by atoms with Crippen LogP contribution in [0, 0.1) is 5.82 Å². The van der Waals surface area contributed by atoms with E-state index in [-0.39, 0.29) is 12.3 Å². The summed E-state index contributed by atoms with van der Waals surface area (Å²) < 4.78 is 18.9. The molecule has 2 amide bonds. The summed E-state index contributed by atoms with van der Waals surface area (Å²) in [4.78, 5) is 25.4. The van der Waals surface area contributed by atoms with Gasteiger partial charge in [0.05, 0.1) is 0 Å². The molecule has 1 unspecified atom stereocenters. The van der Waals surface area contributed by atoms with Gasteiger partial charge in [0.15, 0.2) is 0 Å². The van der Waals surface area contributed by atoms with E-state index in [0.717, 1.165) is 0 Å². The Hall–Kier alpha value is -2.11. The van der Waals surface area contributed by atoms with E-state index < -0.39 is 23.6 Å². The number of carbonyl (C=O) groups excluding carboxylic acids is 2. The predicted molar refractivity (Wildman–Crippen MR) is 82.0 cm³/mol. The van der Waals surface area contributed by atoms with Gasteiger partial charge in [-0.1, -0.05) is 18.2 Å². The number of nitrogens with zero attached hydrogens (tertiary/aromatic N) is 1. The standard InChI is InChI=1S/C16H23FN2O3/c1-16(2,3)22-15(21)18-13(14(20)19(4)5)10-11-8-6-7-9-12(11)17/h6-9,13H,10H2,1-5H3,(H,18,21). The molecule has 1 N–H and O–H groups in total. The van der Waals surface area contributed by atoms with E-state index in [1.54, 1.807) is 53.1 Å². The highest BCUT2D eigenvalue weighted by atomic mass is 19.1. The maximum Gasteiger partial charge on any atom is 0.408 e. The summed E-state index contributed by atoms with van der Waals surface area (Å²) in [5.74, 6) is -0.737. The molecule has 0 fully saturated rings. The summed E-state index contributed by atoms with van der Waals surface area (Å²) in [6.45, 7) is 5.19. The Labute approximate surface area is 130 Å². The SMILES string of the molecule is CN(C)C(=O)C(Cc1ccccc1F)NC(=O)OC(C)(C)C. The average Bonchev–Trinajstić information content (AvgIpc) is 2.37. The largest absolute Gasteiger partial charge is 0.444 e. The molecule has 0 aliphatic rings. The van der Waals surface area contributed by atoms with Crippen LogP contribution in [0.4, 0.5) is 9.18 Å². The number of hydrogen-bond donors (Lipinski definition) is 1. The van der Waals surface area contributed by atoms with Crippen LogP contribution < -0.4 is 5.32 Å². The molecule has 0 aliphatic heterocycles. The van der Waals surface area contributed by atoms with Crippen molar-refractivity contribution < 1.29 is 18.7 Å². The lowest BCUT2D eigenvalue weighted by Gasteiger charge is -2.25. The number of carbonyl (C=O) groups is 2. The van der Waals surface area contributed by atoms with Gasteiger partial charge in [-0.25, -0.2) is 9.18 Å². The zero-order valence-electron chi connectivity index (χ0n) is 13.6. The molecular weight excluding hydrogens is 287 g/mol. The van der Waals surface area contributed by atoms with Crippen LogP contribution >= 0.6 is 0 Å². The second-order valence-electron chi connectivity index (χ2n) is 6.23. The van der Waals surface area contributed by atoms with Crippen molar-refractivity contribution in [3.8, 4) is 0 Å². The Bertz CT molecular complexity index is 538. The quantitative estimate of drug-likeness (QED) is 0.928. The van der Waals surface area contributed by atoms with Gasteiger partial charge in [-0.2, -0.15) is 0 Å². The summed E-state index contributed by atoms with van der Waals surface area (Å²) in [7, 11) is 3.15. The number of benzene rings is 1. The summed E-state index contributed by atoms with van der Waals surface area (Å²) in [6.07, 6.45) is -0.646. The average molecular weight is 310 g/mol. The van der Waals surface area contributed by atoms with E-state index in [1.807, 2.05) is 0 Å². The summed E-state index contributed by atoms with van der Waals surface area (Å²) in [5.41, 5.74) is -0.313. The summed E-state index contributed by atoms with van der Waals surface area (Å²) in [6, 6.07) is 5.27. The van der Waals surface area contributed by atoms with E-state index in [0.29, 0.717) is 5.56 Å². The van der Waals surface area contributed by atoms with Gasteiger partial charge in [0.2, 0.25) is 5.91 Å². The van der Waals surface area contributed by atoms with E-state index >= 15 is 0 Å². The number of rotatable bonds is 4. The number of alkyl carbamates (subject to hydrolysis) is 1. The highest BCUT2D eigenvalue weighted by Gasteiger charge is 2.26. The molecule has 122 valence electrons. The topological polar surface area (TPSA) is 58.6 Å². The van der Waals surface area contributed by atoms with Crippen molar-refractivity contribution in [3.05, 3.63) is 35.6 Å². The van der Waals surface area contributed by atoms with Gasteiger partial charge < -0.3 is 15.0 Å². The van der Waals surface area contributed by atoms with Crippen LogP contribution in [0.5, 0.6) is 0 Å². The molecule has 0 heterocycles. The van der Waals surface area contributed by atoms with Crippen LogP contribution in [0.2, 0.25) is 0 Å². The Morgan fingerprint density at radius 1 is 1.27 bits per heavy atom. The molecule has 1 rings (SSSR count). The van der Waals surface area contributed by atoms with Gasteiger partial charge in [-0.15, -0.1) is 0 Å². The van der Waals surface area contributed by atoms with Gasteiger partial charge in [-0.05, 0) is 32.4 Å². The Morgan fingerprint density at radius 2 is 1.86 bits per heavy atom. The maximum absolute atomic E-state index is 13.8. The molecular formula is C16H23FN2O3. The molecule has 0 aliphatic carbocycles. The molecule has 1 aromatic rings. The van der Waals surface area contributed by atoms with Crippen LogP contribution in [-0.2, 0) is 16.0 Å².